The molecule has 1 N–H and O–H groups in total. The molecule has 0 saturated carbocycles. The Labute approximate surface area is 110 Å². The van der Waals surface area contributed by atoms with Crippen LogP contribution in [-0.4, -0.2) is 10.9 Å². The number of nitrogens with one attached hydrogen (secondary N) is 1. The van der Waals surface area contributed by atoms with Gasteiger partial charge in [0.05, 0.1) is 11.3 Å². The lowest BCUT2D eigenvalue weighted by Gasteiger charge is -2.01. The van der Waals surface area contributed by atoms with Crippen molar-refractivity contribution in [3.63, 3.8) is 0 Å². The minimum absolute atomic E-state index is 0.157. The van der Waals surface area contributed by atoms with E-state index in [0.717, 1.165) is 21.9 Å². The summed E-state index contributed by atoms with van der Waals surface area (Å²) in [6, 6.07) is 0. The Morgan fingerprint density at radius 3 is 2.28 bits per heavy atom. The van der Waals surface area contributed by atoms with E-state index < -0.39 is 0 Å². The van der Waals surface area contributed by atoms with E-state index in [2.05, 4.69) is 10.3 Å². The molecule has 0 unspecified atom stereocenters. The molecule has 2 aromatic rings. The second-order valence-corrected chi connectivity index (χ2v) is 5.53. The number of carbonyl (C=O) groups excluding carboxylic acids is 1. The topological polar surface area (TPSA) is 55.1 Å². The van der Waals surface area contributed by atoms with Crippen LogP contribution in [0, 0.1) is 34.6 Å². The fourth-order valence-corrected chi connectivity index (χ4v) is 2.62. The van der Waals surface area contributed by atoms with Crippen molar-refractivity contribution in [2.75, 3.05) is 5.32 Å². The Bertz CT molecular complexity index is 591. The van der Waals surface area contributed by atoms with Crippen molar-refractivity contribution in [1.82, 2.24) is 4.98 Å². The predicted octanol–water partition coefficient (Wildman–Crippen LogP) is 3.53. The number of rotatable bonds is 2. The smallest absolute Gasteiger partial charge is 0.261 e. The molecule has 0 fully saturated rings. The molecule has 0 saturated heterocycles. The van der Waals surface area contributed by atoms with E-state index >= 15 is 0 Å². The van der Waals surface area contributed by atoms with Crippen molar-refractivity contribution >= 4 is 22.4 Å². The fourth-order valence-electron chi connectivity index (χ4n) is 1.81. The number of amides is 1. The zero-order valence-corrected chi connectivity index (χ0v) is 12.0. The van der Waals surface area contributed by atoms with Crippen LogP contribution in [0.4, 0.5) is 5.13 Å². The molecular formula is C13H16N2O2S. The summed E-state index contributed by atoms with van der Waals surface area (Å²) in [5.41, 5.74) is 2.44. The first-order valence-corrected chi connectivity index (χ1v) is 6.53. The van der Waals surface area contributed by atoms with E-state index in [4.69, 9.17) is 4.42 Å². The maximum atomic E-state index is 12.2. The van der Waals surface area contributed by atoms with Crippen molar-refractivity contribution in [2.45, 2.75) is 34.6 Å². The van der Waals surface area contributed by atoms with Gasteiger partial charge in [0, 0.05) is 10.4 Å². The fraction of sp³-hybridized carbons (Fsp3) is 0.385. The number of nitrogens with zero attached hydrogens (tertiary/aromatic N) is 1. The molecule has 18 heavy (non-hydrogen) atoms. The number of aryl methyl sites for hydroxylation is 4. The summed E-state index contributed by atoms with van der Waals surface area (Å²) in [7, 11) is 0. The first-order valence-electron chi connectivity index (χ1n) is 5.72. The molecule has 2 aromatic heterocycles. The number of hydrogen-bond donors (Lipinski definition) is 1. The van der Waals surface area contributed by atoms with Crippen LogP contribution >= 0.6 is 11.3 Å². The normalized spacial score (nSPS) is 10.7. The molecule has 0 spiro atoms. The van der Waals surface area contributed by atoms with Crippen LogP contribution in [0.3, 0.4) is 0 Å². The molecule has 2 heterocycles. The van der Waals surface area contributed by atoms with Gasteiger partial charge in [-0.2, -0.15) is 0 Å². The number of thiazole rings is 1. The van der Waals surface area contributed by atoms with Gasteiger partial charge in [0.1, 0.15) is 11.5 Å². The monoisotopic (exact) mass is 264 g/mol. The second-order valence-electron chi connectivity index (χ2n) is 4.33. The third kappa shape index (κ3) is 2.18. The maximum Gasteiger partial charge on any atom is 0.261 e. The van der Waals surface area contributed by atoms with Crippen molar-refractivity contribution in [2.24, 2.45) is 0 Å². The van der Waals surface area contributed by atoms with E-state index in [9.17, 15) is 4.79 Å². The van der Waals surface area contributed by atoms with Crippen LogP contribution in [0.1, 0.15) is 38.0 Å². The van der Waals surface area contributed by atoms with Gasteiger partial charge in [-0.25, -0.2) is 4.98 Å². The Kier molecular flexibility index (Phi) is 3.26. The van der Waals surface area contributed by atoms with Crippen LogP contribution < -0.4 is 5.32 Å². The van der Waals surface area contributed by atoms with E-state index in [-0.39, 0.29) is 5.91 Å². The highest BCUT2D eigenvalue weighted by Crippen LogP contribution is 2.25. The Morgan fingerprint density at radius 1 is 1.17 bits per heavy atom. The summed E-state index contributed by atoms with van der Waals surface area (Å²) in [5.74, 6) is 1.27. The Morgan fingerprint density at radius 2 is 1.83 bits per heavy atom. The zero-order valence-electron chi connectivity index (χ0n) is 11.2. The lowest BCUT2D eigenvalue weighted by molar-refractivity contribution is 0.102. The summed E-state index contributed by atoms with van der Waals surface area (Å²) in [6.45, 7) is 9.46. The van der Waals surface area contributed by atoms with Gasteiger partial charge < -0.3 is 4.42 Å². The molecule has 0 aliphatic rings. The Balaban J connectivity index is 2.27. The highest BCUT2D eigenvalue weighted by molar-refractivity contribution is 7.15. The largest absolute Gasteiger partial charge is 0.466 e. The van der Waals surface area contributed by atoms with Gasteiger partial charge in [0.2, 0.25) is 0 Å². The van der Waals surface area contributed by atoms with E-state index in [1.54, 1.807) is 6.92 Å². The van der Waals surface area contributed by atoms with Gasteiger partial charge >= 0.3 is 0 Å². The van der Waals surface area contributed by atoms with Crippen LogP contribution in [0.2, 0.25) is 0 Å². The van der Waals surface area contributed by atoms with Crippen molar-refractivity contribution in [1.29, 1.82) is 0 Å². The number of carbonyl (C=O) groups is 1. The molecule has 0 radical (unpaired) electrons. The molecule has 1 amide bonds. The quantitative estimate of drug-likeness (QED) is 0.902. The van der Waals surface area contributed by atoms with Gasteiger partial charge in [-0.15, -0.1) is 11.3 Å². The summed E-state index contributed by atoms with van der Waals surface area (Å²) >= 11 is 1.48. The number of hydrogen-bond acceptors (Lipinski definition) is 4. The Hall–Kier alpha value is -1.62. The third-order valence-corrected chi connectivity index (χ3v) is 4.03. The van der Waals surface area contributed by atoms with Gasteiger partial charge in [-0.3, -0.25) is 10.1 Å². The molecule has 0 bridgehead atoms. The van der Waals surface area contributed by atoms with Crippen LogP contribution in [0.25, 0.3) is 0 Å². The molecule has 0 aliphatic carbocycles. The minimum atomic E-state index is -0.157. The molecule has 4 nitrogen and oxygen atoms in total. The zero-order chi connectivity index (χ0) is 13.4. The first-order chi connectivity index (χ1) is 8.40. The van der Waals surface area contributed by atoms with Gasteiger partial charge in [0.25, 0.3) is 5.91 Å². The predicted molar refractivity (Wildman–Crippen MR) is 72.5 cm³/mol. The van der Waals surface area contributed by atoms with Crippen molar-refractivity contribution in [3.8, 4) is 0 Å². The number of anilines is 1. The lowest BCUT2D eigenvalue weighted by atomic mass is 10.1. The standard InChI is InChI=1S/C13H16N2O2S/c1-6-8(3)17-9(4)11(6)12(16)15-13-14-7(2)10(5)18-13/h1-5H3,(H,14,15,16). The molecule has 0 aliphatic heterocycles. The lowest BCUT2D eigenvalue weighted by Crippen LogP contribution is -2.13. The van der Waals surface area contributed by atoms with Gasteiger partial charge in [-0.05, 0) is 34.6 Å². The van der Waals surface area contributed by atoms with Gasteiger partial charge in [0.15, 0.2) is 5.13 Å². The van der Waals surface area contributed by atoms with Crippen LogP contribution in [0.5, 0.6) is 0 Å². The van der Waals surface area contributed by atoms with Crippen molar-refractivity contribution in [3.05, 3.63) is 33.2 Å². The molecule has 5 heteroatoms. The van der Waals surface area contributed by atoms with Crippen molar-refractivity contribution < 1.29 is 9.21 Å². The highest BCUT2D eigenvalue weighted by Gasteiger charge is 2.19. The third-order valence-electron chi connectivity index (χ3n) is 3.04. The average Bonchev–Trinajstić information content (AvgIpc) is 2.69. The van der Waals surface area contributed by atoms with E-state index in [1.165, 1.54) is 11.3 Å². The summed E-state index contributed by atoms with van der Waals surface area (Å²) < 4.78 is 5.46. The summed E-state index contributed by atoms with van der Waals surface area (Å²) in [4.78, 5) is 17.6. The van der Waals surface area contributed by atoms with Gasteiger partial charge in [-0.1, -0.05) is 0 Å². The molecule has 2 rings (SSSR count). The average molecular weight is 264 g/mol. The van der Waals surface area contributed by atoms with Crippen LogP contribution in [0.15, 0.2) is 4.42 Å². The summed E-state index contributed by atoms with van der Waals surface area (Å²) in [6.07, 6.45) is 0. The SMILES string of the molecule is Cc1nc(NC(=O)c2c(C)oc(C)c2C)sc1C. The minimum Gasteiger partial charge on any atom is -0.466 e. The summed E-state index contributed by atoms with van der Waals surface area (Å²) in [5, 5.41) is 3.46. The molecule has 0 atom stereocenters. The number of aromatic nitrogens is 1. The number of furan rings is 1. The molecular weight excluding hydrogens is 248 g/mol. The van der Waals surface area contributed by atoms with Crippen LogP contribution in [-0.2, 0) is 0 Å². The molecule has 96 valence electrons. The first kappa shape index (κ1) is 12.8. The second kappa shape index (κ2) is 4.57. The highest BCUT2D eigenvalue weighted by atomic mass is 32.1. The van der Waals surface area contributed by atoms with E-state index in [0.29, 0.717) is 16.5 Å². The molecule has 0 aromatic carbocycles. The van der Waals surface area contributed by atoms with E-state index in [1.807, 2.05) is 27.7 Å². The maximum absolute atomic E-state index is 12.2.